The molecule has 0 radical (unpaired) electrons. The van der Waals surface area contributed by atoms with E-state index >= 15 is 0 Å². The topological polar surface area (TPSA) is 103 Å². The number of hydrogen-bond donors (Lipinski definition) is 1. The van der Waals surface area contributed by atoms with Gasteiger partial charge in [-0.1, -0.05) is 0 Å². The quantitative estimate of drug-likeness (QED) is 0.723. The highest BCUT2D eigenvalue weighted by Gasteiger charge is 2.40. The summed E-state index contributed by atoms with van der Waals surface area (Å²) in [5, 5.41) is 2.79. The van der Waals surface area contributed by atoms with Crippen LogP contribution in [0.2, 0.25) is 0 Å². The lowest BCUT2D eigenvalue weighted by Crippen LogP contribution is -2.43. The molecule has 2 aromatic rings. The van der Waals surface area contributed by atoms with Crippen molar-refractivity contribution in [2.24, 2.45) is 0 Å². The molecule has 1 fully saturated rings. The number of methoxy groups -OCH3 is 2. The smallest absolute Gasteiger partial charge is 0.243 e. The van der Waals surface area contributed by atoms with Crippen LogP contribution in [0.25, 0.3) is 0 Å². The Kier molecular flexibility index (Phi) is 5.92. The van der Waals surface area contributed by atoms with Gasteiger partial charge in [0.2, 0.25) is 15.9 Å². The van der Waals surface area contributed by atoms with Crippen molar-refractivity contribution in [1.82, 2.24) is 4.31 Å². The second-order valence-corrected chi connectivity index (χ2v) is 9.06. The minimum atomic E-state index is -3.90. The van der Waals surface area contributed by atoms with Gasteiger partial charge in [0.25, 0.3) is 0 Å². The minimum absolute atomic E-state index is 0.0690. The fraction of sp³-hybridized carbons (Fsp3) is 0.381. The third-order valence-electron chi connectivity index (χ3n) is 5.25. The zero-order chi connectivity index (χ0) is 22.0. The second kappa shape index (κ2) is 8.64. The maximum atomic E-state index is 13.3. The van der Waals surface area contributed by atoms with Crippen molar-refractivity contribution in [3.8, 4) is 23.0 Å². The number of anilines is 1. The van der Waals surface area contributed by atoms with E-state index in [0.717, 1.165) is 0 Å². The average molecular weight is 448 g/mol. The fourth-order valence-electron chi connectivity index (χ4n) is 3.71. The molecule has 4 rings (SSSR count). The van der Waals surface area contributed by atoms with Crippen LogP contribution < -0.4 is 24.3 Å². The largest absolute Gasteiger partial charge is 0.497 e. The van der Waals surface area contributed by atoms with Crippen molar-refractivity contribution >= 4 is 21.6 Å². The molecule has 31 heavy (non-hydrogen) atoms. The summed E-state index contributed by atoms with van der Waals surface area (Å²) in [7, 11) is -0.871. The van der Waals surface area contributed by atoms with Crippen LogP contribution in [0.1, 0.15) is 12.8 Å². The van der Waals surface area contributed by atoms with Crippen LogP contribution in [-0.2, 0) is 14.8 Å². The van der Waals surface area contributed by atoms with E-state index in [-0.39, 0.29) is 11.4 Å². The Hall–Kier alpha value is -2.98. The van der Waals surface area contributed by atoms with Gasteiger partial charge in [0.05, 0.1) is 19.1 Å². The van der Waals surface area contributed by atoms with Gasteiger partial charge in [0.1, 0.15) is 30.8 Å². The molecule has 1 amide bonds. The molecule has 0 aliphatic carbocycles. The average Bonchev–Trinajstić information content (AvgIpc) is 3.29. The number of fused-ring (bicyclic) bond motifs is 1. The first-order valence-corrected chi connectivity index (χ1v) is 11.3. The zero-order valence-corrected chi connectivity index (χ0v) is 18.1. The molecule has 1 atom stereocenters. The lowest BCUT2D eigenvalue weighted by molar-refractivity contribution is -0.119. The maximum absolute atomic E-state index is 13.3. The fourth-order valence-corrected chi connectivity index (χ4v) is 5.39. The van der Waals surface area contributed by atoms with E-state index in [4.69, 9.17) is 18.9 Å². The molecule has 0 bridgehead atoms. The first-order chi connectivity index (χ1) is 14.9. The molecule has 10 heteroatoms. The molecule has 1 N–H and O–H groups in total. The molecule has 166 valence electrons. The van der Waals surface area contributed by atoms with Gasteiger partial charge >= 0.3 is 0 Å². The number of carbonyl (C=O) groups excluding carboxylic acids is 1. The summed E-state index contributed by atoms with van der Waals surface area (Å²) in [6.45, 7) is 1.04. The van der Waals surface area contributed by atoms with Crippen molar-refractivity contribution in [3.63, 3.8) is 0 Å². The van der Waals surface area contributed by atoms with E-state index in [1.165, 1.54) is 30.7 Å². The summed E-state index contributed by atoms with van der Waals surface area (Å²) in [6, 6.07) is 8.66. The molecule has 1 unspecified atom stereocenters. The Balaban J connectivity index is 1.56. The van der Waals surface area contributed by atoms with Gasteiger partial charge in [0.15, 0.2) is 11.5 Å². The molecule has 1 saturated heterocycles. The molecule has 2 heterocycles. The number of sulfonamides is 1. The highest BCUT2D eigenvalue weighted by Crippen LogP contribution is 2.35. The Morgan fingerprint density at radius 2 is 1.71 bits per heavy atom. The third-order valence-corrected chi connectivity index (χ3v) is 7.15. The maximum Gasteiger partial charge on any atom is 0.243 e. The van der Waals surface area contributed by atoms with Crippen LogP contribution in [0.3, 0.4) is 0 Å². The summed E-state index contributed by atoms with van der Waals surface area (Å²) in [5.41, 5.74) is 0.463. The first-order valence-electron chi connectivity index (χ1n) is 9.88. The van der Waals surface area contributed by atoms with E-state index in [1.807, 2.05) is 0 Å². The molecule has 9 nitrogen and oxygen atoms in total. The van der Waals surface area contributed by atoms with Crippen molar-refractivity contribution in [3.05, 3.63) is 36.4 Å². The minimum Gasteiger partial charge on any atom is -0.497 e. The van der Waals surface area contributed by atoms with Crippen molar-refractivity contribution < 1.29 is 32.2 Å². The van der Waals surface area contributed by atoms with Crippen LogP contribution >= 0.6 is 0 Å². The van der Waals surface area contributed by atoms with E-state index in [1.54, 1.807) is 24.3 Å². The van der Waals surface area contributed by atoms with E-state index in [9.17, 15) is 13.2 Å². The van der Waals surface area contributed by atoms with Crippen LogP contribution in [0.15, 0.2) is 41.3 Å². The number of nitrogens with zero attached hydrogens (tertiary/aromatic N) is 1. The van der Waals surface area contributed by atoms with Crippen LogP contribution in [-0.4, -0.2) is 58.7 Å². The number of hydrogen-bond acceptors (Lipinski definition) is 7. The molecule has 0 spiro atoms. The molecule has 2 aliphatic heterocycles. The van der Waals surface area contributed by atoms with Crippen LogP contribution in [0, 0.1) is 0 Å². The normalized spacial score (nSPS) is 18.5. The molecular weight excluding hydrogens is 424 g/mol. The van der Waals surface area contributed by atoms with Gasteiger partial charge in [-0.15, -0.1) is 0 Å². The molecule has 0 aromatic heterocycles. The highest BCUT2D eigenvalue weighted by atomic mass is 32.2. The summed E-state index contributed by atoms with van der Waals surface area (Å²) in [6.07, 6.45) is 1.01. The van der Waals surface area contributed by atoms with Crippen molar-refractivity contribution in [1.29, 1.82) is 0 Å². The van der Waals surface area contributed by atoms with Crippen LogP contribution in [0.4, 0.5) is 5.69 Å². The summed E-state index contributed by atoms with van der Waals surface area (Å²) >= 11 is 0. The molecular formula is C21H24N2O7S. The van der Waals surface area contributed by atoms with Gasteiger partial charge < -0.3 is 24.3 Å². The van der Waals surface area contributed by atoms with E-state index < -0.39 is 22.0 Å². The van der Waals surface area contributed by atoms with E-state index in [2.05, 4.69) is 5.32 Å². The van der Waals surface area contributed by atoms with Gasteiger partial charge in [0, 0.05) is 36.5 Å². The van der Waals surface area contributed by atoms with Gasteiger partial charge in [-0.25, -0.2) is 8.42 Å². The number of benzene rings is 2. The summed E-state index contributed by atoms with van der Waals surface area (Å²) < 4.78 is 49.3. The predicted molar refractivity (Wildman–Crippen MR) is 113 cm³/mol. The predicted octanol–water partition coefficient (Wildman–Crippen LogP) is 2.27. The SMILES string of the molecule is COc1cc(NC(=O)C2CCCN2S(=O)(=O)c2ccc3c(c2)OCCO3)cc(OC)c1. The van der Waals surface area contributed by atoms with Gasteiger partial charge in [-0.2, -0.15) is 4.31 Å². The lowest BCUT2D eigenvalue weighted by atomic mass is 10.2. The summed E-state index contributed by atoms with van der Waals surface area (Å²) in [5.74, 6) is 1.52. The number of amides is 1. The van der Waals surface area contributed by atoms with Gasteiger partial charge in [-0.3, -0.25) is 4.79 Å². The standard InChI is InChI=1S/C21H24N2O7S/c1-27-15-10-14(11-16(12-15)28-2)22-21(24)18-4-3-7-23(18)31(25,26)17-5-6-19-20(13-17)30-9-8-29-19/h5-6,10-13,18H,3-4,7-9H2,1-2H3,(H,22,24). The number of carbonyl (C=O) groups is 1. The Morgan fingerprint density at radius 3 is 2.39 bits per heavy atom. The number of rotatable bonds is 6. The summed E-state index contributed by atoms with van der Waals surface area (Å²) in [4.78, 5) is 13.1. The zero-order valence-electron chi connectivity index (χ0n) is 17.3. The van der Waals surface area contributed by atoms with E-state index in [0.29, 0.717) is 54.7 Å². The molecule has 2 aromatic carbocycles. The van der Waals surface area contributed by atoms with Crippen molar-refractivity contribution in [2.75, 3.05) is 39.3 Å². The Morgan fingerprint density at radius 1 is 1.03 bits per heavy atom. The Labute approximate surface area is 180 Å². The van der Waals surface area contributed by atoms with Gasteiger partial charge in [-0.05, 0) is 25.0 Å². The monoisotopic (exact) mass is 448 g/mol. The van der Waals surface area contributed by atoms with Crippen LogP contribution in [0.5, 0.6) is 23.0 Å². The molecule has 2 aliphatic rings. The van der Waals surface area contributed by atoms with Crippen molar-refractivity contribution in [2.45, 2.75) is 23.8 Å². The third kappa shape index (κ3) is 4.26. The highest BCUT2D eigenvalue weighted by molar-refractivity contribution is 7.89. The second-order valence-electron chi connectivity index (χ2n) is 7.17. The number of ether oxygens (including phenoxy) is 4. The molecule has 0 saturated carbocycles. The number of nitrogens with one attached hydrogen (secondary N) is 1. The first kappa shape index (κ1) is 21.3. The Bertz CT molecular complexity index is 1060. The lowest BCUT2D eigenvalue weighted by Gasteiger charge is -2.25.